The number of nitrogens with zero attached hydrogens (tertiary/aromatic N) is 9. The summed E-state index contributed by atoms with van der Waals surface area (Å²) < 4.78 is 93.2. The van der Waals surface area contributed by atoms with Gasteiger partial charge in [-0.25, -0.2) is 26.7 Å². The maximum absolute atomic E-state index is 16.9. The summed E-state index contributed by atoms with van der Waals surface area (Å²) in [7, 11) is 1.31. The van der Waals surface area contributed by atoms with Crippen LogP contribution < -0.4 is 15.4 Å². The first kappa shape index (κ1) is 52.0. The van der Waals surface area contributed by atoms with Crippen molar-refractivity contribution in [2.75, 3.05) is 43.9 Å². The standard InChI is InChI=1S/C33H29ClF5N9O2S.C7H12FN.3C2H6/c1-4-14(2)46(11-15-12-47(26(15)33(7-8-33)29(37)38)32(49)48-13-42-30(39)45-48)28-17-9-19(34)22(23(36)24(17)43-31(44-28)50-3)16-5-6-20(35)25-21(16)18(10-40)27(41)51-25;8-6-4-7-2-1-3-9(7)5-6;3*1-2/h5-6,9,13-15,26,29H,4,7-8,11-12,41H2,1-3H3;6-7H,1-5H2;3*1-2H3. The molecule has 0 bridgehead atoms. The SMILES string of the molecule is CC.CC.CC.CCC(C)N(CC1CN(C(=O)n2cnc(F)n2)C1C1(C(F)F)CC1)c1nc(OC)nc2c(F)c(-c3ccc(F)c4sc(N)c(C#N)c34)c(Cl)cc12.FC1CC2CCCN2C1. The Morgan fingerprint density at radius 3 is 2.39 bits per heavy atom. The van der Waals surface area contributed by atoms with Crippen molar-refractivity contribution >= 4 is 60.8 Å². The lowest BCUT2D eigenvalue weighted by Crippen LogP contribution is -2.67. The number of fused-ring (bicyclic) bond motifs is 3. The zero-order chi connectivity index (χ0) is 48.8. The second kappa shape index (κ2) is 22.2. The van der Waals surface area contributed by atoms with E-state index in [0.717, 1.165) is 36.7 Å². The van der Waals surface area contributed by atoms with Gasteiger partial charge in [-0.3, -0.25) is 4.90 Å². The normalized spacial score (nSPS) is 20.6. The number of nitriles is 1. The van der Waals surface area contributed by atoms with Gasteiger partial charge in [-0.15, -0.1) is 16.4 Å². The zero-order valence-corrected chi connectivity index (χ0v) is 40.4. The zero-order valence-electron chi connectivity index (χ0n) is 38.8. The summed E-state index contributed by atoms with van der Waals surface area (Å²) in [6.07, 6.45) is 0.804. The molecule has 4 fully saturated rings. The number of carbonyl (C=O) groups is 1. The van der Waals surface area contributed by atoms with Crippen LogP contribution in [0.2, 0.25) is 5.02 Å². The van der Waals surface area contributed by atoms with Crippen LogP contribution in [0.1, 0.15) is 99.5 Å². The topological polar surface area (TPSA) is 142 Å². The number of ether oxygens (including phenoxy) is 1. The van der Waals surface area contributed by atoms with Gasteiger partial charge in [-0.1, -0.05) is 66.1 Å². The number of hydrogen-bond acceptors (Lipinski definition) is 11. The number of rotatable bonds is 9. The first-order valence-corrected chi connectivity index (χ1v) is 23.9. The molecule has 3 saturated heterocycles. The molecule has 360 valence electrons. The van der Waals surface area contributed by atoms with Gasteiger partial charge in [0.15, 0.2) is 5.82 Å². The molecule has 5 unspecified atom stereocenters. The average molecular weight is 966 g/mol. The molecular formula is C46H59ClF6N10O2S. The van der Waals surface area contributed by atoms with Gasteiger partial charge < -0.3 is 20.3 Å². The van der Waals surface area contributed by atoms with E-state index < -0.39 is 53.7 Å². The van der Waals surface area contributed by atoms with E-state index in [9.17, 15) is 32.0 Å². The van der Waals surface area contributed by atoms with E-state index in [1.54, 1.807) is 0 Å². The minimum Gasteiger partial charge on any atom is -0.467 e. The number of carbonyl (C=O) groups excluding carboxylic acids is 1. The first-order valence-electron chi connectivity index (χ1n) is 22.7. The quantitative estimate of drug-likeness (QED) is 0.142. The second-order valence-corrected chi connectivity index (χ2v) is 17.4. The Morgan fingerprint density at radius 1 is 1.12 bits per heavy atom. The van der Waals surface area contributed by atoms with Crippen LogP contribution in [0.5, 0.6) is 6.01 Å². The third-order valence-electron chi connectivity index (χ3n) is 12.5. The van der Waals surface area contributed by atoms with Crippen LogP contribution in [0.3, 0.4) is 0 Å². The largest absolute Gasteiger partial charge is 0.467 e. The van der Waals surface area contributed by atoms with Crippen molar-refractivity contribution in [3.8, 4) is 23.2 Å². The number of methoxy groups -OCH3 is 1. The van der Waals surface area contributed by atoms with Gasteiger partial charge >= 0.3 is 18.1 Å². The molecule has 3 aliphatic heterocycles. The molecule has 0 radical (unpaired) electrons. The predicted molar refractivity (Wildman–Crippen MR) is 249 cm³/mol. The molecule has 4 aliphatic rings. The van der Waals surface area contributed by atoms with Gasteiger partial charge in [0.1, 0.15) is 40.7 Å². The van der Waals surface area contributed by atoms with Crippen molar-refractivity contribution < 1.29 is 35.9 Å². The molecule has 0 spiro atoms. The fourth-order valence-electron chi connectivity index (χ4n) is 9.17. The lowest BCUT2D eigenvalue weighted by atomic mass is 9.77. The lowest BCUT2D eigenvalue weighted by molar-refractivity contribution is -0.0634. The van der Waals surface area contributed by atoms with Crippen LogP contribution in [0.25, 0.3) is 32.1 Å². The molecule has 66 heavy (non-hydrogen) atoms. The van der Waals surface area contributed by atoms with E-state index in [0.29, 0.717) is 23.7 Å². The fraction of sp³-hybridized carbons (Fsp3) is 0.565. The number of aromatic nitrogens is 5. The van der Waals surface area contributed by atoms with Crippen LogP contribution in [0.4, 0.5) is 42.0 Å². The Kier molecular flexibility index (Phi) is 17.5. The maximum atomic E-state index is 16.9. The molecule has 3 aromatic heterocycles. The summed E-state index contributed by atoms with van der Waals surface area (Å²) >= 11 is 7.68. The molecule has 9 rings (SSSR count). The molecule has 1 saturated carbocycles. The highest BCUT2D eigenvalue weighted by atomic mass is 35.5. The number of alkyl halides is 3. The number of likely N-dealkylation sites (tertiary alicyclic amines) is 1. The average Bonchev–Trinajstić information content (AvgIpc) is 3.56. The Balaban J connectivity index is 0.000000469. The van der Waals surface area contributed by atoms with Gasteiger partial charge in [-0.2, -0.15) is 29.3 Å². The number of nitrogens with two attached hydrogens (primary N) is 1. The summed E-state index contributed by atoms with van der Waals surface area (Å²) in [4.78, 5) is 30.9. The van der Waals surface area contributed by atoms with E-state index in [4.69, 9.17) is 22.1 Å². The number of nitrogen functional groups attached to an aromatic ring is 1. The molecule has 1 amide bonds. The van der Waals surface area contributed by atoms with Crippen molar-refractivity contribution in [3.05, 3.63) is 52.8 Å². The van der Waals surface area contributed by atoms with E-state index in [1.807, 2.05) is 66.4 Å². The molecule has 6 heterocycles. The van der Waals surface area contributed by atoms with Crippen molar-refractivity contribution in [2.45, 2.75) is 125 Å². The maximum Gasteiger partial charge on any atom is 0.346 e. The van der Waals surface area contributed by atoms with Crippen molar-refractivity contribution in [1.29, 1.82) is 5.26 Å². The number of anilines is 2. The van der Waals surface area contributed by atoms with Gasteiger partial charge in [0.2, 0.25) is 6.43 Å². The third-order valence-corrected chi connectivity index (χ3v) is 13.8. The summed E-state index contributed by atoms with van der Waals surface area (Å²) in [6.45, 7) is 17.8. The van der Waals surface area contributed by atoms with Crippen molar-refractivity contribution in [3.63, 3.8) is 0 Å². The van der Waals surface area contributed by atoms with E-state index in [1.165, 1.54) is 37.0 Å². The Bertz CT molecular complexity index is 2500. The molecule has 1 aliphatic carbocycles. The Hall–Kier alpha value is -4.93. The van der Waals surface area contributed by atoms with Gasteiger partial charge in [0.25, 0.3) is 0 Å². The molecule has 2 N–H and O–H groups in total. The highest BCUT2D eigenvalue weighted by Crippen LogP contribution is 2.60. The predicted octanol–water partition coefficient (Wildman–Crippen LogP) is 11.5. The Morgan fingerprint density at radius 2 is 1.82 bits per heavy atom. The summed E-state index contributed by atoms with van der Waals surface area (Å²) in [5.41, 5.74) is 4.35. The van der Waals surface area contributed by atoms with Crippen LogP contribution in [0, 0.1) is 40.4 Å². The van der Waals surface area contributed by atoms with E-state index in [-0.39, 0.29) is 91.5 Å². The smallest absolute Gasteiger partial charge is 0.346 e. The van der Waals surface area contributed by atoms with E-state index >= 15 is 4.39 Å². The first-order chi connectivity index (χ1) is 31.7. The molecule has 5 aromatic rings. The summed E-state index contributed by atoms with van der Waals surface area (Å²) in [5.74, 6) is -1.81. The third kappa shape index (κ3) is 9.87. The highest BCUT2D eigenvalue weighted by molar-refractivity contribution is 7.23. The molecule has 5 atom stereocenters. The Labute approximate surface area is 391 Å². The summed E-state index contributed by atoms with van der Waals surface area (Å²) in [5, 5.41) is 13.5. The second-order valence-electron chi connectivity index (χ2n) is 15.9. The highest BCUT2D eigenvalue weighted by Gasteiger charge is 2.65. The minimum absolute atomic E-state index is 0.0160. The number of halogens is 7. The molecular weight excluding hydrogens is 906 g/mol. The molecule has 12 nitrogen and oxygen atoms in total. The number of hydrogen-bond donors (Lipinski definition) is 1. The number of amides is 1. The van der Waals surface area contributed by atoms with Crippen LogP contribution in [0.15, 0.2) is 24.5 Å². The summed E-state index contributed by atoms with van der Waals surface area (Å²) in [6, 6.07) is 4.34. The number of benzene rings is 2. The van der Waals surface area contributed by atoms with Crippen LogP contribution in [-0.2, 0) is 0 Å². The lowest BCUT2D eigenvalue weighted by Gasteiger charge is -2.53. The van der Waals surface area contributed by atoms with Crippen LogP contribution >= 0.6 is 22.9 Å². The minimum atomic E-state index is -2.73. The van der Waals surface area contributed by atoms with Crippen LogP contribution in [-0.4, -0.2) is 105 Å². The van der Waals surface area contributed by atoms with E-state index in [2.05, 4.69) is 25.0 Å². The van der Waals surface area contributed by atoms with Gasteiger partial charge in [0.05, 0.1) is 33.9 Å². The number of thiophene rings is 1. The monoisotopic (exact) mass is 964 g/mol. The van der Waals surface area contributed by atoms with Gasteiger partial charge in [0, 0.05) is 54.0 Å². The fourth-order valence-corrected chi connectivity index (χ4v) is 10.4. The van der Waals surface area contributed by atoms with Crippen molar-refractivity contribution in [1.82, 2.24) is 34.5 Å². The van der Waals surface area contributed by atoms with Crippen molar-refractivity contribution in [2.24, 2.45) is 11.3 Å². The molecule has 20 heteroatoms. The molecule has 2 aromatic carbocycles. The van der Waals surface area contributed by atoms with Gasteiger partial charge in [-0.05, 0) is 69.7 Å².